The predicted octanol–water partition coefficient (Wildman–Crippen LogP) is 2.21. The molecule has 0 bridgehead atoms. The summed E-state index contributed by atoms with van der Waals surface area (Å²) < 4.78 is 0. The summed E-state index contributed by atoms with van der Waals surface area (Å²) in [5.41, 5.74) is 1.25. The van der Waals surface area contributed by atoms with E-state index in [1.54, 1.807) is 17.3 Å². The van der Waals surface area contributed by atoms with Gasteiger partial charge in [-0.25, -0.2) is 4.98 Å². The molecule has 2 aromatic heterocycles. The number of carbonyl (C=O) groups excluding carboxylic acids is 2. The highest BCUT2D eigenvalue weighted by Crippen LogP contribution is 2.05. The molecule has 0 spiro atoms. The van der Waals surface area contributed by atoms with Gasteiger partial charge in [0.25, 0.3) is 5.91 Å². The molecule has 26 heavy (non-hydrogen) atoms. The van der Waals surface area contributed by atoms with Gasteiger partial charge in [-0.05, 0) is 18.1 Å². The van der Waals surface area contributed by atoms with Gasteiger partial charge in [0.1, 0.15) is 5.69 Å². The van der Waals surface area contributed by atoms with Crippen molar-refractivity contribution in [1.82, 2.24) is 25.2 Å². The SMILES string of the molecule is CCCCCN(CCC(=O)NCc1cccnc1)C(=O)c1cnccn1. The molecule has 2 aromatic rings. The van der Waals surface area contributed by atoms with Gasteiger partial charge >= 0.3 is 0 Å². The van der Waals surface area contributed by atoms with E-state index in [-0.39, 0.29) is 18.2 Å². The van der Waals surface area contributed by atoms with Crippen LogP contribution in [0.1, 0.15) is 48.7 Å². The van der Waals surface area contributed by atoms with Crippen LogP contribution >= 0.6 is 0 Å². The van der Waals surface area contributed by atoms with Crippen LogP contribution in [-0.4, -0.2) is 44.8 Å². The van der Waals surface area contributed by atoms with Gasteiger partial charge in [0, 0.05) is 50.8 Å². The van der Waals surface area contributed by atoms with E-state index in [0.717, 1.165) is 24.8 Å². The third-order valence-electron chi connectivity index (χ3n) is 3.92. The summed E-state index contributed by atoms with van der Waals surface area (Å²) >= 11 is 0. The average Bonchev–Trinajstić information content (AvgIpc) is 2.70. The highest BCUT2D eigenvalue weighted by molar-refractivity contribution is 5.92. The second-order valence-corrected chi connectivity index (χ2v) is 5.98. The number of hydrogen-bond donors (Lipinski definition) is 1. The summed E-state index contributed by atoms with van der Waals surface area (Å²) in [5.74, 6) is -0.282. The van der Waals surface area contributed by atoms with Gasteiger partial charge in [0.2, 0.25) is 5.91 Å². The molecule has 0 fully saturated rings. The summed E-state index contributed by atoms with van der Waals surface area (Å²) in [6, 6.07) is 3.73. The second-order valence-electron chi connectivity index (χ2n) is 5.98. The number of rotatable bonds is 10. The minimum atomic E-state index is -0.186. The lowest BCUT2D eigenvalue weighted by atomic mass is 10.2. The summed E-state index contributed by atoms with van der Waals surface area (Å²) in [6.07, 6.45) is 11.2. The number of carbonyl (C=O) groups is 2. The largest absolute Gasteiger partial charge is 0.352 e. The fraction of sp³-hybridized carbons (Fsp3) is 0.421. The van der Waals surface area contributed by atoms with Crippen molar-refractivity contribution in [3.8, 4) is 0 Å². The molecule has 0 atom stereocenters. The van der Waals surface area contributed by atoms with E-state index >= 15 is 0 Å². The maximum atomic E-state index is 12.6. The molecular weight excluding hydrogens is 330 g/mol. The van der Waals surface area contributed by atoms with E-state index in [1.165, 1.54) is 18.6 Å². The molecule has 7 heteroatoms. The first-order valence-electron chi connectivity index (χ1n) is 8.91. The van der Waals surface area contributed by atoms with Gasteiger partial charge < -0.3 is 10.2 Å². The van der Waals surface area contributed by atoms with Crippen molar-refractivity contribution < 1.29 is 9.59 Å². The Balaban J connectivity index is 1.87. The maximum absolute atomic E-state index is 12.6. The van der Waals surface area contributed by atoms with Crippen LogP contribution in [0.25, 0.3) is 0 Å². The van der Waals surface area contributed by atoms with Gasteiger partial charge in [-0.3, -0.25) is 19.6 Å². The molecule has 0 unspecified atom stereocenters. The summed E-state index contributed by atoms with van der Waals surface area (Å²) in [6.45, 7) is 3.51. The fourth-order valence-corrected chi connectivity index (χ4v) is 2.47. The number of nitrogens with zero attached hydrogens (tertiary/aromatic N) is 4. The fourth-order valence-electron chi connectivity index (χ4n) is 2.47. The lowest BCUT2D eigenvalue weighted by Gasteiger charge is -2.22. The van der Waals surface area contributed by atoms with Crippen molar-refractivity contribution >= 4 is 11.8 Å². The van der Waals surface area contributed by atoms with Crippen molar-refractivity contribution in [3.63, 3.8) is 0 Å². The lowest BCUT2D eigenvalue weighted by molar-refractivity contribution is -0.121. The standard InChI is InChI=1S/C19H25N5O2/c1-2-3-4-11-24(19(26)17-15-21-9-10-22-17)12-7-18(25)23-14-16-6-5-8-20-13-16/h5-6,8-10,13,15H,2-4,7,11-12,14H2,1H3,(H,23,25). The third kappa shape index (κ3) is 6.58. The molecule has 138 valence electrons. The first-order valence-corrected chi connectivity index (χ1v) is 8.91. The van der Waals surface area contributed by atoms with Crippen LogP contribution in [0.3, 0.4) is 0 Å². The number of aromatic nitrogens is 3. The number of unbranched alkanes of at least 4 members (excludes halogenated alkanes) is 2. The minimum Gasteiger partial charge on any atom is -0.352 e. The minimum absolute atomic E-state index is 0.0960. The van der Waals surface area contributed by atoms with Gasteiger partial charge in [-0.2, -0.15) is 0 Å². The first-order chi connectivity index (χ1) is 12.7. The Morgan fingerprint density at radius 1 is 1.08 bits per heavy atom. The number of hydrogen-bond acceptors (Lipinski definition) is 5. The summed E-state index contributed by atoms with van der Waals surface area (Å²) in [4.78, 5) is 38.4. The number of amides is 2. The van der Waals surface area contributed by atoms with E-state index in [2.05, 4.69) is 27.2 Å². The first kappa shape index (κ1) is 19.5. The molecular formula is C19H25N5O2. The lowest BCUT2D eigenvalue weighted by Crippen LogP contribution is -2.36. The smallest absolute Gasteiger partial charge is 0.274 e. The molecule has 0 saturated carbocycles. The number of nitrogens with one attached hydrogen (secondary N) is 1. The zero-order valence-corrected chi connectivity index (χ0v) is 15.1. The summed E-state index contributed by atoms with van der Waals surface area (Å²) in [5, 5.41) is 2.86. The molecule has 0 radical (unpaired) electrons. The van der Waals surface area contributed by atoms with Crippen LogP contribution in [0, 0.1) is 0 Å². The number of pyridine rings is 1. The van der Waals surface area contributed by atoms with Crippen LogP contribution in [0.5, 0.6) is 0 Å². The Kier molecular flexibility index (Phi) is 8.18. The Bertz CT molecular complexity index is 679. The Hall–Kier alpha value is -2.83. The molecule has 1 N–H and O–H groups in total. The van der Waals surface area contributed by atoms with E-state index in [9.17, 15) is 9.59 Å². The van der Waals surface area contributed by atoms with Crippen LogP contribution in [0.2, 0.25) is 0 Å². The van der Waals surface area contributed by atoms with E-state index in [1.807, 2.05) is 12.1 Å². The predicted molar refractivity (Wildman–Crippen MR) is 98.2 cm³/mol. The van der Waals surface area contributed by atoms with Crippen molar-refractivity contribution in [2.24, 2.45) is 0 Å². The van der Waals surface area contributed by atoms with Crippen LogP contribution in [0.15, 0.2) is 43.1 Å². The highest BCUT2D eigenvalue weighted by atomic mass is 16.2. The molecule has 0 aliphatic heterocycles. The molecule has 0 aromatic carbocycles. The second kappa shape index (κ2) is 10.9. The van der Waals surface area contributed by atoms with Gasteiger partial charge in [-0.1, -0.05) is 25.8 Å². The third-order valence-corrected chi connectivity index (χ3v) is 3.92. The molecule has 7 nitrogen and oxygen atoms in total. The zero-order chi connectivity index (χ0) is 18.6. The highest BCUT2D eigenvalue weighted by Gasteiger charge is 2.17. The van der Waals surface area contributed by atoms with Gasteiger partial charge in [0.05, 0.1) is 6.20 Å². The molecule has 0 saturated heterocycles. The topological polar surface area (TPSA) is 88.1 Å². The molecule has 0 aliphatic rings. The van der Waals surface area contributed by atoms with Crippen molar-refractivity contribution in [3.05, 3.63) is 54.4 Å². The molecule has 2 amide bonds. The normalized spacial score (nSPS) is 10.3. The maximum Gasteiger partial charge on any atom is 0.274 e. The van der Waals surface area contributed by atoms with Crippen molar-refractivity contribution in [2.45, 2.75) is 39.2 Å². The average molecular weight is 355 g/mol. The van der Waals surface area contributed by atoms with Gasteiger partial charge in [0.15, 0.2) is 0 Å². The molecule has 2 rings (SSSR count). The summed E-state index contributed by atoms with van der Waals surface area (Å²) in [7, 11) is 0. The zero-order valence-electron chi connectivity index (χ0n) is 15.1. The molecule has 2 heterocycles. The van der Waals surface area contributed by atoms with Crippen molar-refractivity contribution in [1.29, 1.82) is 0 Å². The van der Waals surface area contributed by atoms with E-state index in [0.29, 0.717) is 25.3 Å². The molecule has 0 aliphatic carbocycles. The monoisotopic (exact) mass is 355 g/mol. The Morgan fingerprint density at radius 3 is 2.62 bits per heavy atom. The Morgan fingerprint density at radius 2 is 1.92 bits per heavy atom. The van der Waals surface area contributed by atoms with Crippen LogP contribution < -0.4 is 5.32 Å². The van der Waals surface area contributed by atoms with Crippen LogP contribution in [-0.2, 0) is 11.3 Å². The van der Waals surface area contributed by atoms with Crippen LogP contribution in [0.4, 0.5) is 0 Å². The van der Waals surface area contributed by atoms with Crippen molar-refractivity contribution in [2.75, 3.05) is 13.1 Å². The van der Waals surface area contributed by atoms with E-state index in [4.69, 9.17) is 0 Å². The van der Waals surface area contributed by atoms with Gasteiger partial charge in [-0.15, -0.1) is 0 Å². The quantitative estimate of drug-likeness (QED) is 0.660. The van der Waals surface area contributed by atoms with E-state index < -0.39 is 0 Å². The Labute approximate surface area is 153 Å².